The van der Waals surface area contributed by atoms with Gasteiger partial charge in [0, 0.05) is 6.54 Å². The summed E-state index contributed by atoms with van der Waals surface area (Å²) in [6, 6.07) is 3.61. The highest BCUT2D eigenvalue weighted by atomic mass is 16.3. The average molecular weight is 194 g/mol. The summed E-state index contributed by atoms with van der Waals surface area (Å²) < 4.78 is 5.28. The van der Waals surface area contributed by atoms with Crippen molar-refractivity contribution < 1.29 is 9.21 Å². The summed E-state index contributed by atoms with van der Waals surface area (Å²) in [5.74, 6) is 0.641. The normalized spacial score (nSPS) is 28.2. The first-order valence-electron chi connectivity index (χ1n) is 4.81. The Morgan fingerprint density at radius 2 is 2.36 bits per heavy atom. The topological polar surface area (TPSA) is 54.3 Å². The standard InChI is InChI=1S/C10H14N2O2/c1-10(8-4-2-7-14-8)9(13)11-5-3-6-12-10/h2,4,7,12H,3,5-6H2,1H3,(H,11,13). The molecule has 1 aliphatic heterocycles. The van der Waals surface area contributed by atoms with E-state index in [9.17, 15) is 4.79 Å². The van der Waals surface area contributed by atoms with E-state index in [2.05, 4.69) is 10.6 Å². The van der Waals surface area contributed by atoms with Crippen LogP contribution in [-0.2, 0) is 10.3 Å². The maximum Gasteiger partial charge on any atom is 0.247 e. The third-order valence-electron chi connectivity index (χ3n) is 2.59. The molecular formula is C10H14N2O2. The van der Waals surface area contributed by atoms with Crippen LogP contribution in [0.1, 0.15) is 19.1 Å². The SMILES string of the molecule is CC1(c2ccco2)NCCCNC1=O. The van der Waals surface area contributed by atoms with Gasteiger partial charge in [-0.05, 0) is 32.0 Å². The van der Waals surface area contributed by atoms with Gasteiger partial charge in [-0.25, -0.2) is 0 Å². The number of hydrogen-bond acceptors (Lipinski definition) is 3. The van der Waals surface area contributed by atoms with E-state index in [1.165, 1.54) is 0 Å². The fourth-order valence-electron chi connectivity index (χ4n) is 1.65. The lowest BCUT2D eigenvalue weighted by atomic mass is 9.98. The lowest BCUT2D eigenvalue weighted by molar-refractivity contribution is -0.127. The van der Waals surface area contributed by atoms with E-state index in [4.69, 9.17) is 4.42 Å². The first-order valence-corrected chi connectivity index (χ1v) is 4.81. The molecule has 1 amide bonds. The zero-order valence-corrected chi connectivity index (χ0v) is 8.17. The first kappa shape index (κ1) is 9.27. The summed E-state index contributed by atoms with van der Waals surface area (Å²) in [7, 11) is 0. The second kappa shape index (κ2) is 3.46. The molecule has 1 aromatic rings. The Balaban J connectivity index is 2.31. The lowest BCUT2D eigenvalue weighted by Crippen LogP contribution is -2.49. The number of carbonyl (C=O) groups is 1. The zero-order chi connectivity index (χ0) is 10.0. The van der Waals surface area contributed by atoms with Gasteiger partial charge in [-0.3, -0.25) is 10.1 Å². The minimum atomic E-state index is -0.722. The molecule has 76 valence electrons. The molecule has 4 heteroatoms. The van der Waals surface area contributed by atoms with Crippen LogP contribution >= 0.6 is 0 Å². The van der Waals surface area contributed by atoms with Crippen LogP contribution in [0.5, 0.6) is 0 Å². The van der Waals surface area contributed by atoms with Crippen molar-refractivity contribution in [3.05, 3.63) is 24.2 Å². The van der Waals surface area contributed by atoms with Crippen molar-refractivity contribution in [1.82, 2.24) is 10.6 Å². The minimum Gasteiger partial charge on any atom is -0.467 e. The van der Waals surface area contributed by atoms with E-state index < -0.39 is 5.54 Å². The van der Waals surface area contributed by atoms with Gasteiger partial charge in [-0.2, -0.15) is 0 Å². The van der Waals surface area contributed by atoms with Crippen LogP contribution in [0, 0.1) is 0 Å². The molecule has 1 unspecified atom stereocenters. The molecule has 0 saturated carbocycles. The molecular weight excluding hydrogens is 180 g/mol. The van der Waals surface area contributed by atoms with Crippen molar-refractivity contribution >= 4 is 5.91 Å². The lowest BCUT2D eigenvalue weighted by Gasteiger charge is -2.24. The molecule has 0 spiro atoms. The summed E-state index contributed by atoms with van der Waals surface area (Å²) in [4.78, 5) is 11.8. The van der Waals surface area contributed by atoms with E-state index in [0.717, 1.165) is 19.5 Å². The van der Waals surface area contributed by atoms with Crippen molar-refractivity contribution in [3.8, 4) is 0 Å². The number of nitrogens with one attached hydrogen (secondary N) is 2. The number of carbonyl (C=O) groups excluding carboxylic acids is 1. The van der Waals surface area contributed by atoms with E-state index in [0.29, 0.717) is 5.76 Å². The zero-order valence-electron chi connectivity index (χ0n) is 8.17. The number of hydrogen-bond donors (Lipinski definition) is 2. The van der Waals surface area contributed by atoms with Gasteiger partial charge in [0.15, 0.2) is 5.54 Å². The van der Waals surface area contributed by atoms with Crippen LogP contribution in [0.3, 0.4) is 0 Å². The van der Waals surface area contributed by atoms with Crippen LogP contribution in [0.2, 0.25) is 0 Å². The van der Waals surface area contributed by atoms with E-state index in [-0.39, 0.29) is 5.91 Å². The van der Waals surface area contributed by atoms with Gasteiger partial charge in [0.2, 0.25) is 5.91 Å². The van der Waals surface area contributed by atoms with Gasteiger partial charge in [0.1, 0.15) is 5.76 Å². The molecule has 0 bridgehead atoms. The second-order valence-electron chi connectivity index (χ2n) is 3.64. The molecule has 1 atom stereocenters. The Labute approximate surface area is 82.7 Å². The molecule has 1 aromatic heterocycles. The van der Waals surface area contributed by atoms with Crippen LogP contribution in [0.4, 0.5) is 0 Å². The summed E-state index contributed by atoms with van der Waals surface area (Å²) in [5.41, 5.74) is -0.722. The van der Waals surface area contributed by atoms with Crippen molar-refractivity contribution in [2.75, 3.05) is 13.1 Å². The van der Waals surface area contributed by atoms with Gasteiger partial charge in [0.25, 0.3) is 0 Å². The molecule has 1 aliphatic rings. The molecule has 1 fully saturated rings. The number of amides is 1. The first-order chi connectivity index (χ1) is 6.73. The molecule has 0 aliphatic carbocycles. The van der Waals surface area contributed by atoms with Gasteiger partial charge < -0.3 is 9.73 Å². The highest BCUT2D eigenvalue weighted by molar-refractivity contribution is 5.86. The molecule has 2 N–H and O–H groups in total. The van der Waals surface area contributed by atoms with E-state index in [1.807, 2.05) is 13.0 Å². The quantitative estimate of drug-likeness (QED) is 0.688. The summed E-state index contributed by atoms with van der Waals surface area (Å²) in [5, 5.41) is 6.07. The van der Waals surface area contributed by atoms with E-state index in [1.54, 1.807) is 12.3 Å². The third-order valence-corrected chi connectivity index (χ3v) is 2.59. The largest absolute Gasteiger partial charge is 0.467 e. The van der Waals surface area contributed by atoms with E-state index >= 15 is 0 Å². The molecule has 2 heterocycles. The predicted molar refractivity (Wildman–Crippen MR) is 51.7 cm³/mol. The maximum atomic E-state index is 11.8. The third kappa shape index (κ3) is 1.42. The molecule has 1 saturated heterocycles. The maximum absolute atomic E-state index is 11.8. The van der Waals surface area contributed by atoms with Gasteiger partial charge >= 0.3 is 0 Å². The Bertz CT molecular complexity index is 321. The fraction of sp³-hybridized carbons (Fsp3) is 0.500. The highest BCUT2D eigenvalue weighted by Gasteiger charge is 2.38. The summed E-state index contributed by atoms with van der Waals surface area (Å²) in [6.45, 7) is 3.38. The predicted octanol–water partition coefficient (Wildman–Crippen LogP) is 0.604. The molecule has 2 rings (SSSR count). The fourth-order valence-corrected chi connectivity index (χ4v) is 1.65. The van der Waals surface area contributed by atoms with Crippen molar-refractivity contribution in [1.29, 1.82) is 0 Å². The summed E-state index contributed by atoms with van der Waals surface area (Å²) >= 11 is 0. The Morgan fingerprint density at radius 3 is 3.07 bits per heavy atom. The number of furan rings is 1. The molecule has 14 heavy (non-hydrogen) atoms. The van der Waals surface area contributed by atoms with Gasteiger partial charge in [-0.1, -0.05) is 0 Å². The van der Waals surface area contributed by atoms with Crippen LogP contribution < -0.4 is 10.6 Å². The van der Waals surface area contributed by atoms with Crippen LogP contribution in [-0.4, -0.2) is 19.0 Å². The smallest absolute Gasteiger partial charge is 0.247 e. The molecule has 4 nitrogen and oxygen atoms in total. The Kier molecular flexibility index (Phi) is 2.29. The van der Waals surface area contributed by atoms with Crippen LogP contribution in [0.25, 0.3) is 0 Å². The Morgan fingerprint density at radius 1 is 1.50 bits per heavy atom. The molecule has 0 aromatic carbocycles. The van der Waals surface area contributed by atoms with Gasteiger partial charge in [-0.15, -0.1) is 0 Å². The minimum absolute atomic E-state index is 0.0232. The van der Waals surface area contributed by atoms with Crippen LogP contribution in [0.15, 0.2) is 22.8 Å². The van der Waals surface area contributed by atoms with Crippen molar-refractivity contribution in [3.63, 3.8) is 0 Å². The van der Waals surface area contributed by atoms with Crippen molar-refractivity contribution in [2.45, 2.75) is 18.9 Å². The monoisotopic (exact) mass is 194 g/mol. The molecule has 0 radical (unpaired) electrons. The number of rotatable bonds is 1. The second-order valence-corrected chi connectivity index (χ2v) is 3.64. The van der Waals surface area contributed by atoms with Gasteiger partial charge in [0.05, 0.1) is 6.26 Å². The summed E-state index contributed by atoms with van der Waals surface area (Å²) in [6.07, 6.45) is 2.53. The van der Waals surface area contributed by atoms with Crippen molar-refractivity contribution in [2.24, 2.45) is 0 Å². The Hall–Kier alpha value is -1.29. The highest BCUT2D eigenvalue weighted by Crippen LogP contribution is 2.22. The average Bonchev–Trinajstić information content (AvgIpc) is 2.64.